The topological polar surface area (TPSA) is 63.8 Å². The molecule has 4 heteroatoms. The molecule has 0 aliphatic carbocycles. The molecule has 82 valence electrons. The standard InChI is InChI=1S/C12H14N4/c1-8-3-5-10(6-4-8)11-7-9(2)14-12(15-11)16-13/h3-7H,13H2,1-2H3,(H,14,15,16). The molecule has 0 atom stereocenters. The number of rotatable bonds is 2. The minimum atomic E-state index is 0.440. The van der Waals surface area contributed by atoms with Crippen LogP contribution in [0, 0.1) is 13.8 Å². The van der Waals surface area contributed by atoms with E-state index in [1.165, 1.54) is 5.56 Å². The Morgan fingerprint density at radius 2 is 1.75 bits per heavy atom. The third-order valence-electron chi connectivity index (χ3n) is 2.33. The van der Waals surface area contributed by atoms with Crippen LogP contribution in [0.3, 0.4) is 0 Å². The van der Waals surface area contributed by atoms with Crippen molar-refractivity contribution in [3.8, 4) is 11.3 Å². The number of hydrogen-bond donors (Lipinski definition) is 2. The predicted molar refractivity (Wildman–Crippen MR) is 64.8 cm³/mol. The second-order valence-corrected chi connectivity index (χ2v) is 3.73. The van der Waals surface area contributed by atoms with Gasteiger partial charge in [-0.1, -0.05) is 29.8 Å². The molecule has 0 saturated carbocycles. The van der Waals surface area contributed by atoms with Crippen LogP contribution in [-0.4, -0.2) is 9.97 Å². The predicted octanol–water partition coefficient (Wildman–Crippen LogP) is 2.05. The summed E-state index contributed by atoms with van der Waals surface area (Å²) in [6, 6.07) is 10.1. The maximum atomic E-state index is 5.31. The molecule has 2 rings (SSSR count). The number of nitrogen functional groups attached to an aromatic ring is 1. The molecule has 3 N–H and O–H groups in total. The number of aryl methyl sites for hydroxylation is 2. The van der Waals surface area contributed by atoms with Crippen molar-refractivity contribution in [2.24, 2.45) is 5.84 Å². The number of benzene rings is 1. The highest BCUT2D eigenvalue weighted by atomic mass is 15.3. The van der Waals surface area contributed by atoms with Crippen LogP contribution in [0.25, 0.3) is 11.3 Å². The van der Waals surface area contributed by atoms with Gasteiger partial charge < -0.3 is 0 Å². The van der Waals surface area contributed by atoms with Crippen molar-refractivity contribution < 1.29 is 0 Å². The molecule has 0 radical (unpaired) electrons. The first-order chi connectivity index (χ1) is 7.69. The largest absolute Gasteiger partial charge is 0.292 e. The Balaban J connectivity index is 2.47. The molecular weight excluding hydrogens is 200 g/mol. The van der Waals surface area contributed by atoms with Crippen LogP contribution in [0.1, 0.15) is 11.3 Å². The zero-order valence-corrected chi connectivity index (χ0v) is 9.36. The van der Waals surface area contributed by atoms with Gasteiger partial charge in [-0.2, -0.15) is 0 Å². The minimum Gasteiger partial charge on any atom is -0.292 e. The first kappa shape index (κ1) is 10.6. The van der Waals surface area contributed by atoms with Gasteiger partial charge in [0.25, 0.3) is 0 Å². The van der Waals surface area contributed by atoms with Crippen molar-refractivity contribution in [1.29, 1.82) is 0 Å². The quantitative estimate of drug-likeness (QED) is 0.593. The highest BCUT2D eigenvalue weighted by Gasteiger charge is 2.03. The van der Waals surface area contributed by atoms with Gasteiger partial charge in [0.1, 0.15) is 0 Å². The van der Waals surface area contributed by atoms with Crippen LogP contribution < -0.4 is 11.3 Å². The zero-order valence-electron chi connectivity index (χ0n) is 9.36. The van der Waals surface area contributed by atoms with Crippen LogP contribution in [-0.2, 0) is 0 Å². The summed E-state index contributed by atoms with van der Waals surface area (Å²) < 4.78 is 0. The van der Waals surface area contributed by atoms with Gasteiger partial charge in [0.15, 0.2) is 0 Å². The molecule has 2 aromatic rings. The number of aromatic nitrogens is 2. The van der Waals surface area contributed by atoms with Crippen LogP contribution in [0.15, 0.2) is 30.3 Å². The van der Waals surface area contributed by atoms with E-state index in [1.54, 1.807) is 0 Å². The van der Waals surface area contributed by atoms with Gasteiger partial charge in [-0.05, 0) is 19.9 Å². The smallest absolute Gasteiger partial charge is 0.237 e. The Hall–Kier alpha value is -1.94. The van der Waals surface area contributed by atoms with Crippen LogP contribution in [0.5, 0.6) is 0 Å². The molecular formula is C12H14N4. The minimum absolute atomic E-state index is 0.440. The Kier molecular flexibility index (Phi) is 2.83. The van der Waals surface area contributed by atoms with Crippen molar-refractivity contribution in [3.05, 3.63) is 41.6 Å². The molecule has 0 spiro atoms. The lowest BCUT2D eigenvalue weighted by Crippen LogP contribution is -2.11. The highest BCUT2D eigenvalue weighted by molar-refractivity contribution is 5.61. The molecule has 4 nitrogen and oxygen atoms in total. The van der Waals surface area contributed by atoms with E-state index in [0.29, 0.717) is 5.95 Å². The van der Waals surface area contributed by atoms with E-state index in [0.717, 1.165) is 17.0 Å². The summed E-state index contributed by atoms with van der Waals surface area (Å²) in [5.74, 6) is 5.76. The summed E-state index contributed by atoms with van der Waals surface area (Å²) >= 11 is 0. The summed E-state index contributed by atoms with van der Waals surface area (Å²) in [4.78, 5) is 8.45. The molecule has 1 aromatic heterocycles. The van der Waals surface area contributed by atoms with Gasteiger partial charge in [-0.3, -0.25) is 5.43 Å². The Morgan fingerprint density at radius 1 is 1.06 bits per heavy atom. The molecule has 0 aliphatic heterocycles. The number of nitrogens with two attached hydrogens (primary N) is 1. The third-order valence-corrected chi connectivity index (χ3v) is 2.33. The summed E-state index contributed by atoms with van der Waals surface area (Å²) in [5.41, 5.74) is 6.52. The van der Waals surface area contributed by atoms with E-state index in [2.05, 4.69) is 34.5 Å². The zero-order chi connectivity index (χ0) is 11.5. The first-order valence-corrected chi connectivity index (χ1v) is 5.08. The van der Waals surface area contributed by atoms with Crippen molar-refractivity contribution in [2.45, 2.75) is 13.8 Å². The SMILES string of the molecule is Cc1ccc(-c2cc(C)nc(NN)n2)cc1. The molecule has 0 aliphatic rings. The van der Waals surface area contributed by atoms with Crippen LogP contribution >= 0.6 is 0 Å². The van der Waals surface area contributed by atoms with Gasteiger partial charge in [-0.25, -0.2) is 15.8 Å². The number of hydrogen-bond acceptors (Lipinski definition) is 4. The first-order valence-electron chi connectivity index (χ1n) is 5.08. The summed E-state index contributed by atoms with van der Waals surface area (Å²) in [6.07, 6.45) is 0. The maximum Gasteiger partial charge on any atom is 0.237 e. The van der Waals surface area contributed by atoms with E-state index in [4.69, 9.17) is 5.84 Å². The number of nitrogens with zero attached hydrogens (tertiary/aromatic N) is 2. The number of anilines is 1. The second kappa shape index (κ2) is 4.28. The monoisotopic (exact) mass is 214 g/mol. The molecule has 1 aromatic carbocycles. The van der Waals surface area contributed by atoms with E-state index >= 15 is 0 Å². The lowest BCUT2D eigenvalue weighted by molar-refractivity contribution is 1.08. The summed E-state index contributed by atoms with van der Waals surface area (Å²) in [6.45, 7) is 3.97. The second-order valence-electron chi connectivity index (χ2n) is 3.73. The molecule has 0 saturated heterocycles. The van der Waals surface area contributed by atoms with Crippen molar-refractivity contribution in [2.75, 3.05) is 5.43 Å². The number of nitrogens with one attached hydrogen (secondary N) is 1. The fourth-order valence-electron chi connectivity index (χ4n) is 1.51. The average Bonchev–Trinajstić information content (AvgIpc) is 2.29. The fourth-order valence-corrected chi connectivity index (χ4v) is 1.51. The molecule has 0 bridgehead atoms. The van der Waals surface area contributed by atoms with Gasteiger partial charge in [-0.15, -0.1) is 0 Å². The third kappa shape index (κ3) is 2.17. The van der Waals surface area contributed by atoms with Gasteiger partial charge >= 0.3 is 0 Å². The molecule has 16 heavy (non-hydrogen) atoms. The Labute approximate surface area is 94.5 Å². The van der Waals surface area contributed by atoms with Crippen molar-refractivity contribution in [1.82, 2.24) is 9.97 Å². The Bertz CT molecular complexity index is 491. The molecule has 0 fully saturated rings. The van der Waals surface area contributed by atoms with Crippen LogP contribution in [0.2, 0.25) is 0 Å². The highest BCUT2D eigenvalue weighted by Crippen LogP contribution is 2.19. The van der Waals surface area contributed by atoms with Crippen molar-refractivity contribution >= 4 is 5.95 Å². The van der Waals surface area contributed by atoms with E-state index in [-0.39, 0.29) is 0 Å². The van der Waals surface area contributed by atoms with Crippen LogP contribution in [0.4, 0.5) is 5.95 Å². The summed E-state index contributed by atoms with van der Waals surface area (Å²) in [5, 5.41) is 0. The van der Waals surface area contributed by atoms with Gasteiger partial charge in [0.05, 0.1) is 5.69 Å². The number of hydrazine groups is 1. The van der Waals surface area contributed by atoms with E-state index < -0.39 is 0 Å². The normalized spacial score (nSPS) is 10.2. The van der Waals surface area contributed by atoms with Crippen molar-refractivity contribution in [3.63, 3.8) is 0 Å². The van der Waals surface area contributed by atoms with E-state index in [9.17, 15) is 0 Å². The van der Waals surface area contributed by atoms with E-state index in [1.807, 2.05) is 25.1 Å². The fraction of sp³-hybridized carbons (Fsp3) is 0.167. The van der Waals surface area contributed by atoms with Gasteiger partial charge in [0.2, 0.25) is 5.95 Å². The molecule has 0 amide bonds. The molecule has 1 heterocycles. The summed E-state index contributed by atoms with van der Waals surface area (Å²) in [7, 11) is 0. The Morgan fingerprint density at radius 3 is 2.38 bits per heavy atom. The molecule has 0 unspecified atom stereocenters. The average molecular weight is 214 g/mol. The van der Waals surface area contributed by atoms with Gasteiger partial charge in [0, 0.05) is 11.3 Å². The maximum absolute atomic E-state index is 5.31. The lowest BCUT2D eigenvalue weighted by atomic mass is 10.1. The lowest BCUT2D eigenvalue weighted by Gasteiger charge is -2.05.